The average molecular weight is 255 g/mol. The molecule has 1 fully saturated rings. The smallest absolute Gasteiger partial charge is 0.0564 e. The van der Waals surface area contributed by atoms with E-state index in [9.17, 15) is 0 Å². The largest absolute Gasteiger partial charge is 0.361 e. The molecule has 19 heavy (non-hydrogen) atoms. The number of hydrogen-bond donors (Lipinski definition) is 1. The van der Waals surface area contributed by atoms with Gasteiger partial charge in [0.05, 0.1) is 6.21 Å². The molecule has 100 valence electrons. The summed E-state index contributed by atoms with van der Waals surface area (Å²) in [6, 6.07) is 9.44. The highest BCUT2D eigenvalue weighted by Crippen LogP contribution is 2.23. The summed E-state index contributed by atoms with van der Waals surface area (Å²) in [5.74, 6) is 0. The number of aromatic nitrogens is 1. The van der Waals surface area contributed by atoms with Crippen LogP contribution in [0, 0.1) is 0 Å². The summed E-state index contributed by atoms with van der Waals surface area (Å²) in [6.45, 7) is 4.53. The molecule has 1 saturated heterocycles. The van der Waals surface area contributed by atoms with Crippen LogP contribution in [0.15, 0.2) is 35.6 Å². The molecular formula is C16H21N3. The van der Waals surface area contributed by atoms with Crippen molar-refractivity contribution in [2.24, 2.45) is 5.10 Å². The number of H-pyrrole nitrogens is 1. The van der Waals surface area contributed by atoms with Crippen molar-refractivity contribution in [2.45, 2.75) is 45.2 Å². The summed E-state index contributed by atoms with van der Waals surface area (Å²) in [7, 11) is 0. The molecule has 2 atom stereocenters. The first-order chi connectivity index (χ1) is 9.25. The minimum atomic E-state index is 0.546. The molecule has 1 N–H and O–H groups in total. The van der Waals surface area contributed by atoms with Gasteiger partial charge in [0.2, 0.25) is 0 Å². The topological polar surface area (TPSA) is 31.4 Å². The van der Waals surface area contributed by atoms with E-state index in [4.69, 9.17) is 5.10 Å². The lowest BCUT2D eigenvalue weighted by atomic mass is 10.00. The van der Waals surface area contributed by atoms with Crippen LogP contribution in [0.5, 0.6) is 0 Å². The van der Waals surface area contributed by atoms with Gasteiger partial charge in [0, 0.05) is 34.7 Å². The summed E-state index contributed by atoms with van der Waals surface area (Å²) in [5, 5.41) is 8.22. The predicted octanol–water partition coefficient (Wildman–Crippen LogP) is 3.76. The Kier molecular flexibility index (Phi) is 3.28. The molecule has 1 aliphatic rings. The Morgan fingerprint density at radius 2 is 1.95 bits per heavy atom. The molecule has 0 amide bonds. The number of piperidine rings is 1. The second-order valence-corrected chi connectivity index (χ2v) is 5.54. The standard InChI is InChI=1S/C16H21N3/c1-12-6-5-7-13(2)19(12)18-11-14-10-17-16-9-4-3-8-15(14)16/h3-4,8-13,17H,5-7H2,1-2H3/b18-11+/t12-,13+. The number of rotatable bonds is 2. The van der Waals surface area contributed by atoms with Crippen LogP contribution in [-0.2, 0) is 0 Å². The molecule has 1 aromatic carbocycles. The third kappa shape index (κ3) is 2.37. The van der Waals surface area contributed by atoms with E-state index in [1.807, 2.05) is 12.4 Å². The van der Waals surface area contributed by atoms with Crippen molar-refractivity contribution >= 4 is 17.1 Å². The van der Waals surface area contributed by atoms with E-state index in [1.54, 1.807) is 0 Å². The molecule has 3 nitrogen and oxygen atoms in total. The van der Waals surface area contributed by atoms with E-state index < -0.39 is 0 Å². The normalized spacial score (nSPS) is 24.4. The highest BCUT2D eigenvalue weighted by atomic mass is 15.5. The monoisotopic (exact) mass is 255 g/mol. The SMILES string of the molecule is C[C@@H]1CCC[C@H](C)N1/N=C/c1c[nH]c2ccccc12. The maximum absolute atomic E-state index is 4.73. The number of hydrogen-bond acceptors (Lipinski definition) is 2. The number of hydrazone groups is 1. The van der Waals surface area contributed by atoms with Gasteiger partial charge in [-0.1, -0.05) is 18.2 Å². The van der Waals surface area contributed by atoms with Gasteiger partial charge in [0.25, 0.3) is 0 Å². The first-order valence-electron chi connectivity index (χ1n) is 7.14. The molecule has 0 spiro atoms. The zero-order valence-corrected chi connectivity index (χ0v) is 11.6. The van der Waals surface area contributed by atoms with Crippen LogP contribution >= 0.6 is 0 Å². The molecule has 1 aromatic heterocycles. The second-order valence-electron chi connectivity index (χ2n) is 5.54. The Hall–Kier alpha value is -1.77. The Balaban J connectivity index is 1.85. The third-order valence-corrected chi connectivity index (χ3v) is 4.10. The van der Waals surface area contributed by atoms with Crippen LogP contribution in [0.4, 0.5) is 0 Å². The Labute approximate surface area is 114 Å². The number of para-hydroxylation sites is 1. The molecule has 0 radical (unpaired) electrons. The average Bonchev–Trinajstić information content (AvgIpc) is 2.82. The van der Waals surface area contributed by atoms with Crippen molar-refractivity contribution < 1.29 is 0 Å². The highest BCUT2D eigenvalue weighted by Gasteiger charge is 2.22. The highest BCUT2D eigenvalue weighted by molar-refractivity contribution is 5.98. The fourth-order valence-corrected chi connectivity index (χ4v) is 2.96. The van der Waals surface area contributed by atoms with Gasteiger partial charge in [-0.3, -0.25) is 5.01 Å². The van der Waals surface area contributed by atoms with Gasteiger partial charge >= 0.3 is 0 Å². The molecule has 0 aliphatic carbocycles. The molecule has 2 heterocycles. The van der Waals surface area contributed by atoms with Gasteiger partial charge in [0.1, 0.15) is 0 Å². The van der Waals surface area contributed by atoms with E-state index in [1.165, 1.54) is 35.7 Å². The maximum Gasteiger partial charge on any atom is 0.0564 e. The van der Waals surface area contributed by atoms with Crippen molar-refractivity contribution in [1.29, 1.82) is 0 Å². The molecule has 2 aromatic rings. The summed E-state index contributed by atoms with van der Waals surface area (Å²) in [5.41, 5.74) is 2.34. The molecule has 0 saturated carbocycles. The van der Waals surface area contributed by atoms with Crippen LogP contribution in [0.3, 0.4) is 0 Å². The van der Waals surface area contributed by atoms with E-state index in [0.29, 0.717) is 12.1 Å². The van der Waals surface area contributed by atoms with Gasteiger partial charge in [-0.05, 0) is 39.2 Å². The molecule has 0 bridgehead atoms. The Morgan fingerprint density at radius 1 is 1.21 bits per heavy atom. The van der Waals surface area contributed by atoms with Crippen LogP contribution in [0.2, 0.25) is 0 Å². The second kappa shape index (κ2) is 5.08. The van der Waals surface area contributed by atoms with Crippen molar-refractivity contribution in [3.8, 4) is 0 Å². The lowest BCUT2D eigenvalue weighted by Gasteiger charge is -2.36. The fraction of sp³-hybridized carbons (Fsp3) is 0.438. The predicted molar refractivity (Wildman–Crippen MR) is 80.5 cm³/mol. The third-order valence-electron chi connectivity index (χ3n) is 4.10. The molecule has 3 rings (SSSR count). The number of aromatic amines is 1. The minimum Gasteiger partial charge on any atom is -0.361 e. The van der Waals surface area contributed by atoms with Gasteiger partial charge in [-0.2, -0.15) is 5.10 Å². The maximum atomic E-state index is 4.73. The summed E-state index contributed by atoms with van der Waals surface area (Å²) < 4.78 is 0. The van der Waals surface area contributed by atoms with Gasteiger partial charge in [0.15, 0.2) is 0 Å². The molecule has 0 unspecified atom stereocenters. The van der Waals surface area contributed by atoms with Crippen LogP contribution in [-0.4, -0.2) is 28.3 Å². The zero-order chi connectivity index (χ0) is 13.2. The van der Waals surface area contributed by atoms with Crippen molar-refractivity contribution in [3.63, 3.8) is 0 Å². The lowest BCUT2D eigenvalue weighted by Crippen LogP contribution is -2.39. The van der Waals surface area contributed by atoms with Crippen molar-refractivity contribution in [1.82, 2.24) is 9.99 Å². The first kappa shape index (κ1) is 12.3. The number of nitrogens with one attached hydrogen (secondary N) is 1. The zero-order valence-electron chi connectivity index (χ0n) is 11.6. The summed E-state index contributed by atoms with van der Waals surface area (Å²) in [4.78, 5) is 3.29. The molecular weight excluding hydrogens is 234 g/mol. The number of fused-ring (bicyclic) bond motifs is 1. The van der Waals surface area contributed by atoms with Crippen molar-refractivity contribution in [3.05, 3.63) is 36.0 Å². The Morgan fingerprint density at radius 3 is 2.74 bits per heavy atom. The molecule has 1 aliphatic heterocycles. The van der Waals surface area contributed by atoms with Crippen LogP contribution in [0.25, 0.3) is 10.9 Å². The van der Waals surface area contributed by atoms with Gasteiger partial charge in [-0.15, -0.1) is 0 Å². The van der Waals surface area contributed by atoms with Crippen LogP contribution in [0.1, 0.15) is 38.7 Å². The lowest BCUT2D eigenvalue weighted by molar-refractivity contribution is 0.109. The first-order valence-corrected chi connectivity index (χ1v) is 7.14. The molecule has 3 heteroatoms. The fourth-order valence-electron chi connectivity index (χ4n) is 2.96. The number of nitrogens with zero attached hydrogens (tertiary/aromatic N) is 2. The van der Waals surface area contributed by atoms with E-state index in [2.05, 4.69) is 48.1 Å². The van der Waals surface area contributed by atoms with E-state index in [0.717, 1.165) is 0 Å². The quantitative estimate of drug-likeness (QED) is 0.814. The van der Waals surface area contributed by atoms with Gasteiger partial charge in [-0.25, -0.2) is 0 Å². The minimum absolute atomic E-state index is 0.546. The number of benzene rings is 1. The van der Waals surface area contributed by atoms with Crippen LogP contribution < -0.4 is 0 Å². The summed E-state index contributed by atoms with van der Waals surface area (Å²) >= 11 is 0. The van der Waals surface area contributed by atoms with Crippen molar-refractivity contribution in [2.75, 3.05) is 0 Å². The van der Waals surface area contributed by atoms with E-state index >= 15 is 0 Å². The Bertz CT molecular complexity index is 574. The van der Waals surface area contributed by atoms with E-state index in [-0.39, 0.29) is 0 Å². The summed E-state index contributed by atoms with van der Waals surface area (Å²) in [6.07, 6.45) is 7.84. The van der Waals surface area contributed by atoms with Gasteiger partial charge < -0.3 is 4.98 Å².